The van der Waals surface area contributed by atoms with Crippen molar-refractivity contribution in [2.45, 2.75) is 13.0 Å². The van der Waals surface area contributed by atoms with Gasteiger partial charge in [-0.1, -0.05) is 47.5 Å². The van der Waals surface area contributed by atoms with Crippen LogP contribution in [0.1, 0.15) is 18.5 Å². The Morgan fingerprint density at radius 2 is 1.82 bits per heavy atom. The molecule has 0 aliphatic rings. The fourth-order valence-electron chi connectivity index (χ4n) is 2.39. The summed E-state index contributed by atoms with van der Waals surface area (Å²) < 4.78 is 2.54. The van der Waals surface area contributed by atoms with E-state index in [0.717, 1.165) is 17.0 Å². The first-order valence-electron chi connectivity index (χ1n) is 6.74. The van der Waals surface area contributed by atoms with E-state index < -0.39 is 0 Å². The number of aromatic amines is 1. The lowest BCUT2D eigenvalue weighted by Crippen LogP contribution is -2.08. The third-order valence-electron chi connectivity index (χ3n) is 3.53. The monoisotopic (exact) mass is 349 g/mol. The van der Waals surface area contributed by atoms with Crippen LogP contribution in [0.3, 0.4) is 0 Å². The third kappa shape index (κ3) is 2.95. The van der Waals surface area contributed by atoms with Gasteiger partial charge in [-0.3, -0.25) is 9.67 Å². The maximum atomic E-state index is 6.08. The van der Waals surface area contributed by atoms with Crippen LogP contribution in [0, 0.1) is 4.77 Å². The zero-order chi connectivity index (χ0) is 15.7. The van der Waals surface area contributed by atoms with Gasteiger partial charge in [-0.15, -0.1) is 0 Å². The van der Waals surface area contributed by atoms with E-state index in [9.17, 15) is 0 Å². The first-order valence-corrected chi connectivity index (χ1v) is 7.91. The summed E-state index contributed by atoms with van der Waals surface area (Å²) in [4.78, 5) is 0. The molecule has 0 aliphatic carbocycles. The zero-order valence-electron chi connectivity index (χ0n) is 11.8. The molecule has 0 saturated carbocycles. The molecule has 3 rings (SSSR count). The predicted molar refractivity (Wildman–Crippen MR) is 93.1 cm³/mol. The van der Waals surface area contributed by atoms with Crippen molar-refractivity contribution >= 4 is 35.4 Å². The predicted octanol–water partition coefficient (Wildman–Crippen LogP) is 5.52. The van der Waals surface area contributed by atoms with Crippen LogP contribution in [0.25, 0.3) is 11.4 Å². The molecule has 0 saturated heterocycles. The summed E-state index contributed by atoms with van der Waals surface area (Å²) in [7, 11) is 0. The van der Waals surface area contributed by atoms with Crippen LogP contribution < -0.4 is 0 Å². The Labute approximate surface area is 143 Å². The minimum absolute atomic E-state index is 0.0255. The van der Waals surface area contributed by atoms with Gasteiger partial charge in [-0.05, 0) is 49.0 Å². The molecule has 22 heavy (non-hydrogen) atoms. The van der Waals surface area contributed by atoms with Crippen LogP contribution in [-0.4, -0.2) is 14.8 Å². The van der Waals surface area contributed by atoms with Gasteiger partial charge in [0, 0.05) is 15.6 Å². The van der Waals surface area contributed by atoms with Gasteiger partial charge in [0.15, 0.2) is 10.6 Å². The van der Waals surface area contributed by atoms with Crippen molar-refractivity contribution in [2.24, 2.45) is 0 Å². The van der Waals surface area contributed by atoms with Crippen LogP contribution in [0.2, 0.25) is 10.0 Å². The van der Waals surface area contributed by atoms with E-state index in [4.69, 9.17) is 35.4 Å². The zero-order valence-corrected chi connectivity index (χ0v) is 14.1. The molecule has 1 heterocycles. The van der Waals surface area contributed by atoms with Crippen LogP contribution in [0.4, 0.5) is 0 Å². The van der Waals surface area contributed by atoms with Gasteiger partial charge in [-0.25, -0.2) is 0 Å². The number of hydrogen-bond donors (Lipinski definition) is 1. The van der Waals surface area contributed by atoms with Crippen LogP contribution in [-0.2, 0) is 0 Å². The van der Waals surface area contributed by atoms with Crippen molar-refractivity contribution in [1.29, 1.82) is 0 Å². The topological polar surface area (TPSA) is 33.6 Å². The van der Waals surface area contributed by atoms with Gasteiger partial charge in [0.05, 0.1) is 6.04 Å². The molecule has 0 fully saturated rings. The van der Waals surface area contributed by atoms with Crippen molar-refractivity contribution in [2.75, 3.05) is 0 Å². The van der Waals surface area contributed by atoms with E-state index in [1.807, 2.05) is 53.1 Å². The first kappa shape index (κ1) is 15.3. The fourth-order valence-corrected chi connectivity index (χ4v) is 2.99. The van der Waals surface area contributed by atoms with E-state index in [-0.39, 0.29) is 6.04 Å². The maximum absolute atomic E-state index is 6.08. The smallest absolute Gasteiger partial charge is 0.196 e. The van der Waals surface area contributed by atoms with Gasteiger partial charge in [0.1, 0.15) is 0 Å². The van der Waals surface area contributed by atoms with E-state index in [1.165, 1.54) is 0 Å². The molecule has 0 spiro atoms. The van der Waals surface area contributed by atoms with Crippen molar-refractivity contribution in [1.82, 2.24) is 14.8 Å². The molecule has 0 radical (unpaired) electrons. The lowest BCUT2D eigenvalue weighted by atomic mass is 10.1. The maximum Gasteiger partial charge on any atom is 0.196 e. The molecular formula is C16H13Cl2N3S. The molecule has 0 amide bonds. The standard InChI is InChI=1S/C16H13Cl2N3S/c1-10(11-5-7-13(17)8-6-11)21-15(19-20-16(21)22)12-3-2-4-14(18)9-12/h2-10H,1H3,(H,20,22)/t10-/m1/s1. The molecule has 2 aromatic carbocycles. The number of halogens is 2. The van der Waals surface area contributed by atoms with Crippen molar-refractivity contribution in [3.8, 4) is 11.4 Å². The highest BCUT2D eigenvalue weighted by molar-refractivity contribution is 7.71. The highest BCUT2D eigenvalue weighted by Crippen LogP contribution is 2.27. The summed E-state index contributed by atoms with van der Waals surface area (Å²) in [5, 5.41) is 8.59. The molecule has 112 valence electrons. The number of H-pyrrole nitrogens is 1. The number of aromatic nitrogens is 3. The SMILES string of the molecule is C[C@H](c1ccc(Cl)cc1)n1c(-c2cccc(Cl)c2)n[nH]c1=S. The van der Waals surface area contributed by atoms with Crippen LogP contribution >= 0.6 is 35.4 Å². The Bertz CT molecular complexity index is 852. The van der Waals surface area contributed by atoms with Crippen LogP contribution in [0.5, 0.6) is 0 Å². The summed E-state index contributed by atoms with van der Waals surface area (Å²) in [6.45, 7) is 2.07. The molecular weight excluding hydrogens is 337 g/mol. The Morgan fingerprint density at radius 3 is 2.50 bits per heavy atom. The number of nitrogens with one attached hydrogen (secondary N) is 1. The number of hydrogen-bond acceptors (Lipinski definition) is 2. The summed E-state index contributed by atoms with van der Waals surface area (Å²) in [5.41, 5.74) is 2.02. The van der Waals surface area contributed by atoms with Gasteiger partial charge < -0.3 is 0 Å². The summed E-state index contributed by atoms with van der Waals surface area (Å²) in [5.74, 6) is 0.759. The van der Waals surface area contributed by atoms with Gasteiger partial charge in [0.2, 0.25) is 0 Å². The van der Waals surface area contributed by atoms with E-state index in [2.05, 4.69) is 17.1 Å². The third-order valence-corrected chi connectivity index (χ3v) is 4.30. The largest absolute Gasteiger partial charge is 0.293 e. The Morgan fingerprint density at radius 1 is 1.09 bits per heavy atom. The normalized spacial score (nSPS) is 12.3. The Kier molecular flexibility index (Phi) is 4.34. The summed E-state index contributed by atoms with van der Waals surface area (Å²) in [6, 6.07) is 15.3. The molecule has 3 nitrogen and oxygen atoms in total. The van der Waals surface area contributed by atoms with Gasteiger partial charge in [0.25, 0.3) is 0 Å². The second-order valence-electron chi connectivity index (χ2n) is 4.96. The molecule has 0 unspecified atom stereocenters. The minimum atomic E-state index is 0.0255. The average Bonchev–Trinajstić information content (AvgIpc) is 2.89. The van der Waals surface area contributed by atoms with E-state index in [1.54, 1.807) is 0 Å². The Hall–Kier alpha value is -1.62. The minimum Gasteiger partial charge on any atom is -0.293 e. The first-order chi connectivity index (χ1) is 10.6. The van der Waals surface area contributed by atoms with Gasteiger partial charge >= 0.3 is 0 Å². The highest BCUT2D eigenvalue weighted by atomic mass is 35.5. The quantitative estimate of drug-likeness (QED) is 0.631. The summed E-state index contributed by atoms with van der Waals surface area (Å²) in [6.07, 6.45) is 0. The van der Waals surface area contributed by atoms with E-state index in [0.29, 0.717) is 14.8 Å². The second kappa shape index (κ2) is 6.24. The summed E-state index contributed by atoms with van der Waals surface area (Å²) >= 11 is 17.4. The molecule has 0 aliphatic heterocycles. The Balaban J connectivity index is 2.09. The fraction of sp³-hybridized carbons (Fsp3) is 0.125. The number of benzene rings is 2. The molecule has 3 aromatic rings. The molecule has 0 bridgehead atoms. The van der Waals surface area contributed by atoms with Gasteiger partial charge in [-0.2, -0.15) is 5.10 Å². The highest BCUT2D eigenvalue weighted by Gasteiger charge is 2.16. The van der Waals surface area contributed by atoms with E-state index >= 15 is 0 Å². The average molecular weight is 350 g/mol. The molecule has 1 aromatic heterocycles. The second-order valence-corrected chi connectivity index (χ2v) is 6.22. The number of rotatable bonds is 3. The lowest BCUT2D eigenvalue weighted by molar-refractivity contribution is 0.635. The van der Waals surface area contributed by atoms with Crippen LogP contribution in [0.15, 0.2) is 48.5 Å². The molecule has 1 N–H and O–H groups in total. The lowest BCUT2D eigenvalue weighted by Gasteiger charge is -2.16. The molecule has 1 atom stereocenters. The van der Waals surface area contributed by atoms with Crippen molar-refractivity contribution < 1.29 is 0 Å². The van der Waals surface area contributed by atoms with Crippen molar-refractivity contribution in [3.63, 3.8) is 0 Å². The molecule has 6 heteroatoms. The number of nitrogens with zero attached hydrogens (tertiary/aromatic N) is 2. The van der Waals surface area contributed by atoms with Crippen molar-refractivity contribution in [3.05, 3.63) is 68.9 Å².